The Bertz CT molecular complexity index is 474. The number of hydrogen-bond donors (Lipinski definition) is 0. The highest BCUT2D eigenvalue weighted by molar-refractivity contribution is 5.80. The molecular formula is C15H20N+. The number of nitrogens with zero attached hydrogens (tertiary/aromatic N) is 1. The molecule has 0 amide bonds. The van der Waals surface area contributed by atoms with Gasteiger partial charge in [-0.1, -0.05) is 39.0 Å². The summed E-state index contributed by atoms with van der Waals surface area (Å²) in [7, 11) is 0. The van der Waals surface area contributed by atoms with E-state index in [1.165, 1.54) is 10.8 Å². The lowest BCUT2D eigenvalue weighted by molar-refractivity contribution is -0.702. The van der Waals surface area contributed by atoms with Crippen LogP contribution in [0.2, 0.25) is 0 Å². The Kier molecular flexibility index (Phi) is 3.23. The van der Waals surface area contributed by atoms with E-state index in [9.17, 15) is 0 Å². The third kappa shape index (κ3) is 2.41. The first kappa shape index (κ1) is 11.1. The molecule has 1 nitrogen and oxygen atoms in total. The van der Waals surface area contributed by atoms with Crippen LogP contribution < -0.4 is 4.57 Å². The van der Waals surface area contributed by atoms with Gasteiger partial charge < -0.3 is 0 Å². The maximum absolute atomic E-state index is 2.31. The average molecular weight is 214 g/mol. The second kappa shape index (κ2) is 4.65. The molecule has 1 heterocycles. The van der Waals surface area contributed by atoms with Gasteiger partial charge in [0.1, 0.15) is 0 Å². The van der Waals surface area contributed by atoms with Crippen LogP contribution in [0.1, 0.15) is 20.8 Å². The summed E-state index contributed by atoms with van der Waals surface area (Å²) in [4.78, 5) is 0. The van der Waals surface area contributed by atoms with Gasteiger partial charge in [-0.2, -0.15) is 0 Å². The number of pyridine rings is 1. The predicted octanol–water partition coefficient (Wildman–Crippen LogP) is 3.42. The Balaban J connectivity index is 2.26. The van der Waals surface area contributed by atoms with Gasteiger partial charge in [-0.15, -0.1) is 0 Å². The number of fused-ring (bicyclic) bond motifs is 1. The van der Waals surface area contributed by atoms with E-state index < -0.39 is 0 Å². The van der Waals surface area contributed by atoms with Gasteiger partial charge in [0, 0.05) is 17.4 Å². The van der Waals surface area contributed by atoms with Crippen molar-refractivity contribution in [3.63, 3.8) is 0 Å². The van der Waals surface area contributed by atoms with Crippen molar-refractivity contribution in [2.24, 2.45) is 11.8 Å². The van der Waals surface area contributed by atoms with Crippen LogP contribution in [0.5, 0.6) is 0 Å². The molecule has 0 bridgehead atoms. The molecule has 0 radical (unpaired) electrons. The minimum absolute atomic E-state index is 0.714. The quantitative estimate of drug-likeness (QED) is 0.689. The number of benzene rings is 1. The van der Waals surface area contributed by atoms with Crippen molar-refractivity contribution in [1.29, 1.82) is 0 Å². The molecule has 0 N–H and O–H groups in total. The van der Waals surface area contributed by atoms with E-state index >= 15 is 0 Å². The first-order valence-corrected chi connectivity index (χ1v) is 6.04. The molecular weight excluding hydrogens is 194 g/mol. The first-order chi connectivity index (χ1) is 7.66. The van der Waals surface area contributed by atoms with Gasteiger partial charge in [0.25, 0.3) is 0 Å². The van der Waals surface area contributed by atoms with Crippen molar-refractivity contribution in [2.45, 2.75) is 27.3 Å². The molecule has 16 heavy (non-hydrogen) atoms. The van der Waals surface area contributed by atoms with E-state index in [0.717, 1.165) is 12.5 Å². The van der Waals surface area contributed by atoms with Gasteiger partial charge in [-0.25, -0.2) is 4.57 Å². The molecule has 1 atom stereocenters. The maximum Gasteiger partial charge on any atom is 0.176 e. The zero-order chi connectivity index (χ0) is 11.5. The molecule has 1 unspecified atom stereocenters. The summed E-state index contributed by atoms with van der Waals surface area (Å²) in [5.41, 5.74) is 0. The zero-order valence-electron chi connectivity index (χ0n) is 10.4. The van der Waals surface area contributed by atoms with Crippen LogP contribution >= 0.6 is 0 Å². The molecule has 1 aromatic heterocycles. The normalized spacial score (nSPS) is 13.2. The van der Waals surface area contributed by atoms with Gasteiger partial charge in [0.15, 0.2) is 18.9 Å². The molecule has 0 aliphatic rings. The Labute approximate surface area is 97.7 Å². The van der Waals surface area contributed by atoms with Crippen molar-refractivity contribution in [1.82, 2.24) is 0 Å². The lowest BCUT2D eigenvalue weighted by Crippen LogP contribution is -2.37. The smallest absolute Gasteiger partial charge is 0.176 e. The van der Waals surface area contributed by atoms with Crippen LogP contribution in [-0.4, -0.2) is 0 Å². The highest BCUT2D eigenvalue weighted by Crippen LogP contribution is 2.12. The van der Waals surface area contributed by atoms with E-state index in [4.69, 9.17) is 0 Å². The molecule has 1 heteroatoms. The van der Waals surface area contributed by atoms with E-state index in [2.05, 4.69) is 68.1 Å². The van der Waals surface area contributed by atoms with Crippen molar-refractivity contribution >= 4 is 10.8 Å². The van der Waals surface area contributed by atoms with E-state index in [1.54, 1.807) is 0 Å². The monoisotopic (exact) mass is 214 g/mol. The average Bonchev–Trinajstić information content (AvgIpc) is 2.28. The summed E-state index contributed by atoms with van der Waals surface area (Å²) in [6, 6.07) is 10.7. The minimum Gasteiger partial charge on any atom is -0.204 e. The molecule has 0 saturated heterocycles. The fraction of sp³-hybridized carbons (Fsp3) is 0.400. The Morgan fingerprint density at radius 1 is 1.00 bits per heavy atom. The van der Waals surface area contributed by atoms with Crippen molar-refractivity contribution < 1.29 is 4.57 Å². The summed E-state index contributed by atoms with van der Waals surface area (Å²) in [5, 5.41) is 2.64. The second-order valence-electron chi connectivity index (χ2n) is 4.99. The van der Waals surface area contributed by atoms with E-state index in [0.29, 0.717) is 5.92 Å². The third-order valence-electron chi connectivity index (χ3n) is 3.38. The fourth-order valence-electron chi connectivity index (χ4n) is 1.83. The number of hydrogen-bond acceptors (Lipinski definition) is 0. The SMILES string of the molecule is CC(C)C(C)C[n+]1ccc2ccccc2c1. The van der Waals surface area contributed by atoms with Crippen LogP contribution in [0.25, 0.3) is 10.8 Å². The van der Waals surface area contributed by atoms with Gasteiger partial charge >= 0.3 is 0 Å². The summed E-state index contributed by atoms with van der Waals surface area (Å²) < 4.78 is 2.30. The highest BCUT2D eigenvalue weighted by Gasteiger charge is 2.12. The Hall–Kier alpha value is -1.37. The molecule has 0 aliphatic heterocycles. The summed E-state index contributed by atoms with van der Waals surface area (Å²) in [6.45, 7) is 7.98. The first-order valence-electron chi connectivity index (χ1n) is 6.04. The summed E-state index contributed by atoms with van der Waals surface area (Å²) >= 11 is 0. The van der Waals surface area contributed by atoms with Crippen LogP contribution in [0.3, 0.4) is 0 Å². The Morgan fingerprint density at radius 3 is 2.38 bits per heavy atom. The van der Waals surface area contributed by atoms with Crippen LogP contribution in [-0.2, 0) is 6.54 Å². The molecule has 0 spiro atoms. The van der Waals surface area contributed by atoms with Crippen LogP contribution in [0, 0.1) is 11.8 Å². The van der Waals surface area contributed by atoms with Crippen molar-refractivity contribution in [3.8, 4) is 0 Å². The largest absolute Gasteiger partial charge is 0.204 e. The summed E-state index contributed by atoms with van der Waals surface area (Å²) in [6.07, 6.45) is 4.43. The van der Waals surface area contributed by atoms with Crippen LogP contribution in [0.15, 0.2) is 42.7 Å². The van der Waals surface area contributed by atoms with Gasteiger partial charge in [0.05, 0.1) is 0 Å². The number of aromatic nitrogens is 1. The fourth-order valence-corrected chi connectivity index (χ4v) is 1.83. The van der Waals surface area contributed by atoms with Gasteiger partial charge in [0.2, 0.25) is 0 Å². The zero-order valence-corrected chi connectivity index (χ0v) is 10.4. The molecule has 1 aromatic carbocycles. The molecule has 0 fully saturated rings. The highest BCUT2D eigenvalue weighted by atomic mass is 14.9. The second-order valence-corrected chi connectivity index (χ2v) is 4.99. The number of rotatable bonds is 3. The maximum atomic E-state index is 2.31. The van der Waals surface area contributed by atoms with Gasteiger partial charge in [-0.05, 0) is 17.4 Å². The molecule has 0 saturated carbocycles. The lowest BCUT2D eigenvalue weighted by Gasteiger charge is -2.11. The molecule has 2 rings (SSSR count). The standard InChI is InChI=1S/C15H20N/c1-12(2)13(3)10-16-9-8-14-6-4-5-7-15(14)11-16/h4-9,11-13H,10H2,1-3H3/q+1. The predicted molar refractivity (Wildman–Crippen MR) is 68.1 cm³/mol. The van der Waals surface area contributed by atoms with Crippen molar-refractivity contribution in [3.05, 3.63) is 42.7 Å². The minimum atomic E-state index is 0.714. The molecule has 84 valence electrons. The molecule has 0 aliphatic carbocycles. The third-order valence-corrected chi connectivity index (χ3v) is 3.38. The topological polar surface area (TPSA) is 3.88 Å². The summed E-state index contributed by atoms with van der Waals surface area (Å²) in [5.74, 6) is 1.45. The van der Waals surface area contributed by atoms with E-state index in [-0.39, 0.29) is 0 Å². The van der Waals surface area contributed by atoms with Gasteiger partial charge in [-0.3, -0.25) is 0 Å². The van der Waals surface area contributed by atoms with E-state index in [1.807, 2.05) is 0 Å². The lowest BCUT2D eigenvalue weighted by atomic mass is 9.98. The molecule has 2 aromatic rings. The van der Waals surface area contributed by atoms with Crippen LogP contribution in [0.4, 0.5) is 0 Å². The Morgan fingerprint density at radius 2 is 1.69 bits per heavy atom. The van der Waals surface area contributed by atoms with Crippen molar-refractivity contribution in [2.75, 3.05) is 0 Å².